The van der Waals surface area contributed by atoms with Gasteiger partial charge in [0.1, 0.15) is 11.5 Å². The molecule has 0 unspecified atom stereocenters. The van der Waals surface area contributed by atoms with Crippen molar-refractivity contribution >= 4 is 11.8 Å². The summed E-state index contributed by atoms with van der Waals surface area (Å²) in [5, 5.41) is 0. The molecule has 5 nitrogen and oxygen atoms in total. The number of carbonyl (C=O) groups is 2. The summed E-state index contributed by atoms with van der Waals surface area (Å²) in [4.78, 5) is 26.2. The van der Waals surface area contributed by atoms with Crippen molar-refractivity contribution in [1.29, 1.82) is 0 Å². The molecule has 4 rings (SSSR count). The predicted octanol–water partition coefficient (Wildman–Crippen LogP) is 4.69. The van der Waals surface area contributed by atoms with Crippen LogP contribution >= 0.6 is 0 Å². The van der Waals surface area contributed by atoms with Gasteiger partial charge in [-0.2, -0.15) is 0 Å². The molecular weight excluding hydrogens is 376 g/mol. The van der Waals surface area contributed by atoms with E-state index in [9.17, 15) is 9.59 Å². The van der Waals surface area contributed by atoms with E-state index in [-0.39, 0.29) is 5.91 Å². The number of ether oxygens (including phenoxy) is 1. The molecule has 3 aromatic rings. The molecule has 0 spiro atoms. The number of primary amides is 1. The number of aryl methyl sites for hydroxylation is 1. The fourth-order valence-corrected chi connectivity index (χ4v) is 3.41. The van der Waals surface area contributed by atoms with Crippen LogP contribution in [0, 0.1) is 6.92 Å². The van der Waals surface area contributed by atoms with Crippen LogP contribution in [-0.2, 0) is 6.54 Å². The molecule has 152 valence electrons. The highest BCUT2D eigenvalue weighted by atomic mass is 16.5. The van der Waals surface area contributed by atoms with Gasteiger partial charge in [-0.15, -0.1) is 0 Å². The van der Waals surface area contributed by atoms with Crippen LogP contribution in [0.4, 0.5) is 0 Å². The van der Waals surface area contributed by atoms with Gasteiger partial charge in [0.05, 0.1) is 0 Å². The number of benzene rings is 3. The maximum absolute atomic E-state index is 13.1. The van der Waals surface area contributed by atoms with Gasteiger partial charge in [-0.1, -0.05) is 29.8 Å². The normalized spacial score (nSPS) is 13.0. The van der Waals surface area contributed by atoms with E-state index in [0.29, 0.717) is 35.2 Å². The summed E-state index contributed by atoms with van der Waals surface area (Å²) in [6.45, 7) is 2.68. The lowest BCUT2D eigenvalue weighted by atomic mass is 10.1. The van der Waals surface area contributed by atoms with Gasteiger partial charge in [0.15, 0.2) is 0 Å². The number of rotatable bonds is 7. The van der Waals surface area contributed by atoms with Gasteiger partial charge in [0.25, 0.3) is 5.91 Å². The molecule has 30 heavy (non-hydrogen) atoms. The lowest BCUT2D eigenvalue weighted by molar-refractivity contribution is 0.0729. The summed E-state index contributed by atoms with van der Waals surface area (Å²) in [5.74, 6) is 0.778. The molecule has 5 heteroatoms. The van der Waals surface area contributed by atoms with Crippen molar-refractivity contribution in [2.75, 3.05) is 0 Å². The number of nitrogens with zero attached hydrogens (tertiary/aromatic N) is 1. The summed E-state index contributed by atoms with van der Waals surface area (Å²) in [7, 11) is 0. The van der Waals surface area contributed by atoms with E-state index in [1.54, 1.807) is 48.5 Å². The Bertz CT molecular complexity index is 1050. The molecule has 1 aliphatic carbocycles. The highest BCUT2D eigenvalue weighted by Gasteiger charge is 2.33. The average Bonchev–Trinajstić information content (AvgIpc) is 3.58. The van der Waals surface area contributed by atoms with E-state index in [1.165, 1.54) is 5.56 Å². The summed E-state index contributed by atoms with van der Waals surface area (Å²) in [5.41, 5.74) is 8.67. The third-order valence-electron chi connectivity index (χ3n) is 5.16. The SMILES string of the molecule is Cc1cccc(CN(C(=O)c2ccc(Oc3ccc(C(N)=O)cc3)cc2)C2CC2)c1. The largest absolute Gasteiger partial charge is 0.457 e. The fourth-order valence-electron chi connectivity index (χ4n) is 3.41. The first kappa shape index (κ1) is 19.7. The molecule has 0 aromatic heterocycles. The van der Waals surface area contributed by atoms with Gasteiger partial charge < -0.3 is 15.4 Å². The standard InChI is InChI=1S/C25H24N2O3/c1-17-3-2-4-18(15-17)16-27(21-9-10-21)25(29)20-7-13-23(14-8-20)30-22-11-5-19(6-12-22)24(26)28/h2-8,11-15,21H,9-10,16H2,1H3,(H2,26,28). The van der Waals surface area contributed by atoms with Crippen molar-refractivity contribution in [3.63, 3.8) is 0 Å². The summed E-state index contributed by atoms with van der Waals surface area (Å²) in [6, 6.07) is 22.4. The number of carbonyl (C=O) groups excluding carboxylic acids is 2. The second-order valence-corrected chi connectivity index (χ2v) is 7.67. The number of hydrogen-bond acceptors (Lipinski definition) is 3. The zero-order chi connectivity index (χ0) is 21.1. The zero-order valence-corrected chi connectivity index (χ0v) is 16.9. The Labute approximate surface area is 176 Å². The molecule has 0 atom stereocenters. The Morgan fingerprint density at radius 1 is 0.933 bits per heavy atom. The summed E-state index contributed by atoms with van der Waals surface area (Å²) in [6.07, 6.45) is 2.11. The first-order chi connectivity index (χ1) is 14.5. The molecule has 0 heterocycles. The second-order valence-electron chi connectivity index (χ2n) is 7.67. The number of nitrogens with two attached hydrogens (primary N) is 1. The zero-order valence-electron chi connectivity index (χ0n) is 16.9. The third-order valence-corrected chi connectivity index (χ3v) is 5.16. The van der Waals surface area contributed by atoms with Crippen molar-refractivity contribution < 1.29 is 14.3 Å². The van der Waals surface area contributed by atoms with Crippen LogP contribution in [0.15, 0.2) is 72.8 Å². The maximum atomic E-state index is 13.1. The predicted molar refractivity (Wildman–Crippen MR) is 116 cm³/mol. The van der Waals surface area contributed by atoms with Crippen molar-refractivity contribution in [3.8, 4) is 11.5 Å². The Balaban J connectivity index is 1.45. The molecule has 2 amide bonds. The van der Waals surface area contributed by atoms with E-state index in [0.717, 1.165) is 18.4 Å². The average molecular weight is 400 g/mol. The monoisotopic (exact) mass is 400 g/mol. The molecule has 3 aromatic carbocycles. The van der Waals surface area contributed by atoms with Gasteiger partial charge in [-0.3, -0.25) is 9.59 Å². The lowest BCUT2D eigenvalue weighted by Gasteiger charge is -2.23. The van der Waals surface area contributed by atoms with Crippen LogP contribution in [0.2, 0.25) is 0 Å². The second kappa shape index (κ2) is 8.41. The molecule has 0 saturated heterocycles. The van der Waals surface area contributed by atoms with Crippen molar-refractivity contribution in [1.82, 2.24) is 4.90 Å². The smallest absolute Gasteiger partial charge is 0.254 e. The van der Waals surface area contributed by atoms with Crippen LogP contribution in [0.25, 0.3) is 0 Å². The number of amides is 2. The van der Waals surface area contributed by atoms with Gasteiger partial charge in [-0.05, 0) is 73.9 Å². The molecule has 0 aliphatic heterocycles. The molecular formula is C25H24N2O3. The van der Waals surface area contributed by atoms with E-state index in [1.807, 2.05) is 11.0 Å². The van der Waals surface area contributed by atoms with Crippen molar-refractivity contribution in [2.45, 2.75) is 32.4 Å². The first-order valence-electron chi connectivity index (χ1n) is 10.0. The van der Waals surface area contributed by atoms with Crippen LogP contribution in [0.1, 0.15) is 44.7 Å². The Hall–Kier alpha value is -3.60. The van der Waals surface area contributed by atoms with E-state index < -0.39 is 5.91 Å². The molecule has 1 saturated carbocycles. The van der Waals surface area contributed by atoms with Crippen LogP contribution < -0.4 is 10.5 Å². The van der Waals surface area contributed by atoms with Crippen LogP contribution in [0.3, 0.4) is 0 Å². The maximum Gasteiger partial charge on any atom is 0.254 e. The molecule has 0 bridgehead atoms. The Morgan fingerprint density at radius 2 is 1.53 bits per heavy atom. The topological polar surface area (TPSA) is 72.6 Å². The van der Waals surface area contributed by atoms with E-state index in [4.69, 9.17) is 10.5 Å². The lowest BCUT2D eigenvalue weighted by Crippen LogP contribution is -2.32. The highest BCUT2D eigenvalue weighted by Crippen LogP contribution is 2.30. The Kier molecular flexibility index (Phi) is 5.53. The van der Waals surface area contributed by atoms with Gasteiger partial charge in [0, 0.05) is 23.7 Å². The van der Waals surface area contributed by atoms with Gasteiger partial charge in [0.2, 0.25) is 5.91 Å². The summed E-state index contributed by atoms with van der Waals surface area (Å²) >= 11 is 0. The van der Waals surface area contributed by atoms with Crippen molar-refractivity contribution in [3.05, 3.63) is 95.1 Å². The number of hydrogen-bond donors (Lipinski definition) is 1. The molecule has 0 radical (unpaired) electrons. The molecule has 1 fully saturated rings. The van der Waals surface area contributed by atoms with E-state index in [2.05, 4.69) is 25.1 Å². The minimum absolute atomic E-state index is 0.0383. The van der Waals surface area contributed by atoms with Crippen LogP contribution in [-0.4, -0.2) is 22.8 Å². The highest BCUT2D eigenvalue weighted by molar-refractivity contribution is 5.95. The minimum Gasteiger partial charge on any atom is -0.457 e. The van der Waals surface area contributed by atoms with Crippen molar-refractivity contribution in [2.24, 2.45) is 5.73 Å². The first-order valence-corrected chi connectivity index (χ1v) is 10.0. The quantitative estimate of drug-likeness (QED) is 0.625. The van der Waals surface area contributed by atoms with Gasteiger partial charge in [-0.25, -0.2) is 0 Å². The Morgan fingerprint density at radius 3 is 2.07 bits per heavy atom. The van der Waals surface area contributed by atoms with Crippen LogP contribution in [0.5, 0.6) is 11.5 Å². The van der Waals surface area contributed by atoms with E-state index >= 15 is 0 Å². The molecule has 2 N–H and O–H groups in total. The summed E-state index contributed by atoms with van der Waals surface area (Å²) < 4.78 is 5.80. The van der Waals surface area contributed by atoms with Gasteiger partial charge >= 0.3 is 0 Å². The third kappa shape index (κ3) is 4.69. The fraction of sp³-hybridized carbons (Fsp3) is 0.200. The molecule has 1 aliphatic rings. The minimum atomic E-state index is -0.477.